The van der Waals surface area contributed by atoms with Crippen LogP contribution in [0.1, 0.15) is 41.0 Å². The van der Waals surface area contributed by atoms with Gasteiger partial charge in [0.25, 0.3) is 0 Å². The molecule has 0 atom stereocenters. The van der Waals surface area contributed by atoms with Gasteiger partial charge in [-0.25, -0.2) is 0 Å². The number of aliphatic hydroxyl groups is 1. The summed E-state index contributed by atoms with van der Waals surface area (Å²) >= 11 is 6.46. The number of likely N-dealkylation sites (tertiary alicyclic amines) is 1. The standard InChI is InChI=1S/C30H33ClN2O/c1-21-7-6-8-22(2)29(21)23-13-15-32(16-14-23)20-27-26-19-25(31)11-12-28(26)33(17-18-34)30(27)24-9-4-3-5-10-24/h3-12,19,23,34H,13-18,20H2,1-2H3. The number of aryl methyl sites for hydroxylation is 2. The minimum Gasteiger partial charge on any atom is -0.395 e. The zero-order chi connectivity index (χ0) is 23.7. The number of rotatable bonds is 6. The van der Waals surface area contributed by atoms with E-state index in [2.05, 4.69) is 84.0 Å². The molecule has 0 aliphatic carbocycles. The molecule has 2 heterocycles. The lowest BCUT2D eigenvalue weighted by Crippen LogP contribution is -2.33. The summed E-state index contributed by atoms with van der Waals surface area (Å²) in [5.41, 5.74) is 9.23. The highest BCUT2D eigenvalue weighted by Gasteiger charge is 2.26. The Morgan fingerprint density at radius 1 is 0.912 bits per heavy atom. The van der Waals surface area contributed by atoms with Crippen LogP contribution in [-0.2, 0) is 13.1 Å². The fraction of sp³-hybridized carbons (Fsp3) is 0.333. The summed E-state index contributed by atoms with van der Waals surface area (Å²) < 4.78 is 2.26. The number of aromatic nitrogens is 1. The Labute approximate surface area is 207 Å². The SMILES string of the molecule is Cc1cccc(C)c1C1CCN(Cc2c(-c3ccccc3)n(CCO)c3ccc(Cl)cc23)CC1. The first kappa shape index (κ1) is 23.2. The molecular formula is C30H33ClN2O. The van der Waals surface area contributed by atoms with Gasteiger partial charge in [0, 0.05) is 29.0 Å². The summed E-state index contributed by atoms with van der Waals surface area (Å²) in [6.07, 6.45) is 2.37. The van der Waals surface area contributed by atoms with Gasteiger partial charge in [0.05, 0.1) is 12.3 Å². The number of hydrogen-bond acceptors (Lipinski definition) is 2. The number of fused-ring (bicyclic) bond motifs is 1. The molecule has 1 fully saturated rings. The quantitative estimate of drug-likeness (QED) is 0.329. The summed E-state index contributed by atoms with van der Waals surface area (Å²) in [7, 11) is 0. The van der Waals surface area contributed by atoms with E-state index in [1.165, 1.54) is 46.2 Å². The molecule has 0 spiro atoms. The summed E-state index contributed by atoms with van der Waals surface area (Å²) in [5, 5.41) is 11.8. The van der Waals surface area contributed by atoms with Crippen molar-refractivity contribution in [1.29, 1.82) is 0 Å². The van der Waals surface area contributed by atoms with E-state index in [0.29, 0.717) is 12.5 Å². The van der Waals surface area contributed by atoms with Crippen LogP contribution in [0.2, 0.25) is 5.02 Å². The van der Waals surface area contributed by atoms with Crippen molar-refractivity contribution in [3.8, 4) is 11.3 Å². The third kappa shape index (κ3) is 4.40. The molecule has 3 aromatic carbocycles. The van der Waals surface area contributed by atoms with Crippen LogP contribution < -0.4 is 0 Å². The van der Waals surface area contributed by atoms with Gasteiger partial charge in [-0.05, 0) is 91.7 Å². The van der Waals surface area contributed by atoms with Crippen LogP contribution in [-0.4, -0.2) is 34.3 Å². The van der Waals surface area contributed by atoms with Gasteiger partial charge in [-0.15, -0.1) is 0 Å². The molecule has 1 aromatic heterocycles. The van der Waals surface area contributed by atoms with Gasteiger partial charge in [0.1, 0.15) is 0 Å². The van der Waals surface area contributed by atoms with Crippen molar-refractivity contribution >= 4 is 22.5 Å². The average molecular weight is 473 g/mol. The van der Waals surface area contributed by atoms with E-state index in [-0.39, 0.29) is 6.61 Å². The van der Waals surface area contributed by atoms with E-state index in [4.69, 9.17) is 11.6 Å². The Balaban J connectivity index is 1.49. The van der Waals surface area contributed by atoms with Crippen molar-refractivity contribution in [2.75, 3.05) is 19.7 Å². The van der Waals surface area contributed by atoms with Gasteiger partial charge in [0.15, 0.2) is 0 Å². The van der Waals surface area contributed by atoms with E-state index in [9.17, 15) is 5.11 Å². The first-order valence-corrected chi connectivity index (χ1v) is 12.7. The maximum atomic E-state index is 9.86. The van der Waals surface area contributed by atoms with Crippen molar-refractivity contribution in [2.24, 2.45) is 0 Å². The molecule has 0 amide bonds. The van der Waals surface area contributed by atoms with Gasteiger partial charge >= 0.3 is 0 Å². The molecule has 1 N–H and O–H groups in total. The van der Waals surface area contributed by atoms with Crippen LogP contribution in [0.3, 0.4) is 0 Å². The highest BCUT2D eigenvalue weighted by atomic mass is 35.5. The molecule has 4 heteroatoms. The van der Waals surface area contributed by atoms with Gasteiger partial charge in [-0.1, -0.05) is 60.1 Å². The van der Waals surface area contributed by atoms with Crippen molar-refractivity contribution in [3.63, 3.8) is 0 Å². The number of hydrogen-bond donors (Lipinski definition) is 1. The first-order chi connectivity index (χ1) is 16.6. The Morgan fingerprint density at radius 3 is 2.29 bits per heavy atom. The molecule has 0 unspecified atom stereocenters. The minimum atomic E-state index is 0.104. The molecular weight excluding hydrogens is 440 g/mol. The molecule has 0 saturated carbocycles. The third-order valence-electron chi connectivity index (χ3n) is 7.42. The molecule has 5 rings (SSSR count). The van der Waals surface area contributed by atoms with Crippen LogP contribution in [0.5, 0.6) is 0 Å². The van der Waals surface area contributed by atoms with Crippen molar-refractivity contribution in [1.82, 2.24) is 9.47 Å². The van der Waals surface area contributed by atoms with Crippen LogP contribution in [0.4, 0.5) is 0 Å². The molecule has 1 saturated heterocycles. The smallest absolute Gasteiger partial charge is 0.0610 e. The largest absolute Gasteiger partial charge is 0.395 e. The van der Waals surface area contributed by atoms with Crippen LogP contribution in [0, 0.1) is 13.8 Å². The van der Waals surface area contributed by atoms with Crippen LogP contribution >= 0.6 is 11.6 Å². The second kappa shape index (κ2) is 9.95. The fourth-order valence-electron chi connectivity index (χ4n) is 5.89. The molecule has 0 radical (unpaired) electrons. The van der Waals surface area contributed by atoms with Crippen LogP contribution in [0.25, 0.3) is 22.2 Å². The summed E-state index contributed by atoms with van der Waals surface area (Å²) in [5.74, 6) is 0.635. The van der Waals surface area contributed by atoms with Gasteiger partial charge in [-0.3, -0.25) is 4.90 Å². The summed E-state index contributed by atoms with van der Waals surface area (Å²) in [4.78, 5) is 2.59. The number of piperidine rings is 1. The third-order valence-corrected chi connectivity index (χ3v) is 7.66. The lowest BCUT2D eigenvalue weighted by molar-refractivity contribution is 0.205. The Morgan fingerprint density at radius 2 is 1.62 bits per heavy atom. The molecule has 0 bridgehead atoms. The minimum absolute atomic E-state index is 0.104. The van der Waals surface area contributed by atoms with Crippen LogP contribution in [0.15, 0.2) is 66.7 Å². The van der Waals surface area contributed by atoms with E-state index in [0.717, 1.165) is 30.2 Å². The molecule has 3 nitrogen and oxygen atoms in total. The maximum absolute atomic E-state index is 9.86. The van der Waals surface area contributed by atoms with Gasteiger partial charge < -0.3 is 9.67 Å². The lowest BCUT2D eigenvalue weighted by Gasteiger charge is -2.33. The molecule has 34 heavy (non-hydrogen) atoms. The molecule has 1 aliphatic rings. The van der Waals surface area contributed by atoms with Crippen molar-refractivity contribution in [3.05, 3.63) is 94.0 Å². The number of nitrogens with zero attached hydrogens (tertiary/aromatic N) is 2. The predicted molar refractivity (Wildman–Crippen MR) is 143 cm³/mol. The zero-order valence-electron chi connectivity index (χ0n) is 20.1. The van der Waals surface area contributed by atoms with E-state index in [1.807, 2.05) is 6.07 Å². The van der Waals surface area contributed by atoms with Gasteiger partial charge in [-0.2, -0.15) is 0 Å². The van der Waals surface area contributed by atoms with Crippen molar-refractivity contribution < 1.29 is 5.11 Å². The highest BCUT2D eigenvalue weighted by Crippen LogP contribution is 2.38. The summed E-state index contributed by atoms with van der Waals surface area (Å²) in [6, 6.07) is 23.4. The summed E-state index contributed by atoms with van der Waals surface area (Å²) in [6.45, 7) is 8.23. The van der Waals surface area contributed by atoms with Crippen molar-refractivity contribution in [2.45, 2.75) is 45.7 Å². The molecule has 4 aromatic rings. The highest BCUT2D eigenvalue weighted by molar-refractivity contribution is 6.31. The second-order valence-electron chi connectivity index (χ2n) is 9.59. The zero-order valence-corrected chi connectivity index (χ0v) is 20.9. The fourth-order valence-corrected chi connectivity index (χ4v) is 6.06. The monoisotopic (exact) mass is 472 g/mol. The Bertz CT molecular complexity index is 1270. The molecule has 1 aliphatic heterocycles. The maximum Gasteiger partial charge on any atom is 0.0610 e. The molecule has 176 valence electrons. The second-order valence-corrected chi connectivity index (χ2v) is 10.0. The average Bonchev–Trinajstić information content (AvgIpc) is 3.13. The first-order valence-electron chi connectivity index (χ1n) is 12.3. The van der Waals surface area contributed by atoms with E-state index >= 15 is 0 Å². The van der Waals surface area contributed by atoms with Gasteiger partial charge in [0.2, 0.25) is 0 Å². The lowest BCUT2D eigenvalue weighted by atomic mass is 9.84. The van der Waals surface area contributed by atoms with E-state index in [1.54, 1.807) is 5.56 Å². The normalized spacial score (nSPS) is 15.3. The Kier molecular flexibility index (Phi) is 6.78. The topological polar surface area (TPSA) is 28.4 Å². The Hall–Kier alpha value is -2.59. The number of aliphatic hydroxyl groups excluding tert-OH is 1. The van der Waals surface area contributed by atoms with E-state index < -0.39 is 0 Å². The number of benzene rings is 3. The number of halogens is 1. The predicted octanol–water partition coefficient (Wildman–Crippen LogP) is 6.95.